The lowest BCUT2D eigenvalue weighted by Crippen LogP contribution is -2.40. The van der Waals surface area contributed by atoms with Gasteiger partial charge in [0, 0.05) is 32.4 Å². The maximum atomic E-state index is 12.9. The maximum Gasteiger partial charge on any atom is 0.223 e. The Labute approximate surface area is 155 Å². The number of amides is 1. The fraction of sp³-hybridized carbons (Fsp3) is 0.600. The minimum absolute atomic E-state index is 0.0151. The number of piperidine rings is 1. The molecule has 3 rings (SSSR count). The van der Waals surface area contributed by atoms with Crippen molar-refractivity contribution in [1.82, 2.24) is 24.4 Å². The SMILES string of the molecule is Cc1nc(-c2nccn2C)cc([C@H]2CCCCN2C(=O)CC(C)(C)C)n1. The maximum absolute atomic E-state index is 12.9. The van der Waals surface area contributed by atoms with Gasteiger partial charge in [0.05, 0.1) is 11.7 Å². The summed E-state index contributed by atoms with van der Waals surface area (Å²) in [5, 5.41) is 0. The van der Waals surface area contributed by atoms with Gasteiger partial charge < -0.3 is 9.47 Å². The molecule has 2 aromatic heterocycles. The van der Waals surface area contributed by atoms with Crippen molar-refractivity contribution >= 4 is 5.91 Å². The molecule has 1 amide bonds. The van der Waals surface area contributed by atoms with Crippen LogP contribution in [0.15, 0.2) is 18.5 Å². The number of rotatable bonds is 3. The third-order valence-corrected chi connectivity index (χ3v) is 4.75. The zero-order valence-electron chi connectivity index (χ0n) is 16.5. The van der Waals surface area contributed by atoms with Gasteiger partial charge in [-0.2, -0.15) is 0 Å². The summed E-state index contributed by atoms with van der Waals surface area (Å²) >= 11 is 0. The van der Waals surface area contributed by atoms with Gasteiger partial charge in [-0.25, -0.2) is 15.0 Å². The summed E-state index contributed by atoms with van der Waals surface area (Å²) in [6, 6.07) is 2.03. The van der Waals surface area contributed by atoms with Crippen molar-refractivity contribution in [1.29, 1.82) is 0 Å². The van der Waals surface area contributed by atoms with Crippen LogP contribution in [0.25, 0.3) is 11.5 Å². The highest BCUT2D eigenvalue weighted by atomic mass is 16.2. The molecule has 0 spiro atoms. The summed E-state index contributed by atoms with van der Waals surface area (Å²) < 4.78 is 1.95. The van der Waals surface area contributed by atoms with Gasteiger partial charge in [0.15, 0.2) is 5.82 Å². The zero-order valence-corrected chi connectivity index (χ0v) is 16.5. The number of nitrogens with zero attached hydrogens (tertiary/aromatic N) is 5. The molecule has 2 aromatic rings. The van der Waals surface area contributed by atoms with Crippen LogP contribution in [-0.4, -0.2) is 36.9 Å². The van der Waals surface area contributed by atoms with Crippen molar-refractivity contribution in [2.75, 3.05) is 6.54 Å². The fourth-order valence-electron chi connectivity index (χ4n) is 3.58. The molecular weight excluding hydrogens is 326 g/mol. The molecule has 0 aromatic carbocycles. The highest BCUT2D eigenvalue weighted by Crippen LogP contribution is 2.33. The lowest BCUT2D eigenvalue weighted by molar-refractivity contribution is -0.137. The first kappa shape index (κ1) is 18.5. The lowest BCUT2D eigenvalue weighted by atomic mass is 9.90. The second-order valence-electron chi connectivity index (χ2n) is 8.42. The van der Waals surface area contributed by atoms with Crippen LogP contribution in [-0.2, 0) is 11.8 Å². The molecule has 1 fully saturated rings. The van der Waals surface area contributed by atoms with E-state index in [9.17, 15) is 4.79 Å². The van der Waals surface area contributed by atoms with Gasteiger partial charge in [0.2, 0.25) is 5.91 Å². The molecule has 0 saturated carbocycles. The Morgan fingerprint density at radius 2 is 2.04 bits per heavy atom. The first-order chi connectivity index (χ1) is 12.2. The van der Waals surface area contributed by atoms with E-state index in [1.807, 2.05) is 35.7 Å². The van der Waals surface area contributed by atoms with E-state index in [2.05, 4.69) is 35.7 Å². The second kappa shape index (κ2) is 7.17. The van der Waals surface area contributed by atoms with Crippen LogP contribution in [0, 0.1) is 12.3 Å². The Balaban J connectivity index is 1.94. The van der Waals surface area contributed by atoms with Crippen molar-refractivity contribution in [3.63, 3.8) is 0 Å². The number of aryl methyl sites for hydroxylation is 2. The number of hydrogen-bond acceptors (Lipinski definition) is 4. The normalized spacial score (nSPS) is 18.2. The van der Waals surface area contributed by atoms with Crippen LogP contribution < -0.4 is 0 Å². The summed E-state index contributed by atoms with van der Waals surface area (Å²) in [6.45, 7) is 9.04. The second-order valence-corrected chi connectivity index (χ2v) is 8.42. The number of likely N-dealkylation sites (tertiary alicyclic amines) is 1. The van der Waals surface area contributed by atoms with Gasteiger partial charge in [-0.05, 0) is 37.7 Å². The summed E-state index contributed by atoms with van der Waals surface area (Å²) in [4.78, 5) is 28.6. The first-order valence-corrected chi connectivity index (χ1v) is 9.37. The van der Waals surface area contributed by atoms with E-state index in [-0.39, 0.29) is 17.4 Å². The predicted molar refractivity (Wildman–Crippen MR) is 101 cm³/mol. The third-order valence-electron chi connectivity index (χ3n) is 4.75. The quantitative estimate of drug-likeness (QED) is 0.842. The van der Waals surface area contributed by atoms with Gasteiger partial charge in [-0.1, -0.05) is 20.8 Å². The van der Waals surface area contributed by atoms with Crippen LogP contribution in [0.5, 0.6) is 0 Å². The van der Waals surface area contributed by atoms with E-state index >= 15 is 0 Å². The number of carbonyl (C=O) groups is 1. The fourth-order valence-corrected chi connectivity index (χ4v) is 3.58. The van der Waals surface area contributed by atoms with Crippen molar-refractivity contribution in [2.45, 2.75) is 59.4 Å². The molecule has 1 aliphatic heterocycles. The molecule has 26 heavy (non-hydrogen) atoms. The minimum atomic E-state index is -0.0151. The summed E-state index contributed by atoms with van der Waals surface area (Å²) in [5.41, 5.74) is 1.73. The molecule has 0 N–H and O–H groups in total. The van der Waals surface area contributed by atoms with Gasteiger partial charge >= 0.3 is 0 Å². The number of hydrogen-bond donors (Lipinski definition) is 0. The van der Waals surface area contributed by atoms with Gasteiger partial charge in [-0.3, -0.25) is 4.79 Å². The average molecular weight is 355 g/mol. The summed E-state index contributed by atoms with van der Waals surface area (Å²) in [6.07, 6.45) is 7.36. The highest BCUT2D eigenvalue weighted by Gasteiger charge is 2.31. The Hall–Kier alpha value is -2.24. The molecule has 140 valence electrons. The van der Waals surface area contributed by atoms with Gasteiger partial charge in [-0.15, -0.1) is 0 Å². The molecule has 6 heteroatoms. The van der Waals surface area contributed by atoms with Crippen molar-refractivity contribution in [3.05, 3.63) is 30.0 Å². The largest absolute Gasteiger partial charge is 0.334 e. The van der Waals surface area contributed by atoms with E-state index in [1.54, 1.807) is 6.20 Å². The molecule has 0 aliphatic carbocycles. The molecule has 6 nitrogen and oxygen atoms in total. The smallest absolute Gasteiger partial charge is 0.223 e. The Bertz CT molecular complexity index is 790. The molecule has 0 bridgehead atoms. The van der Waals surface area contributed by atoms with Crippen LogP contribution >= 0.6 is 0 Å². The van der Waals surface area contributed by atoms with E-state index in [0.29, 0.717) is 12.2 Å². The molecular formula is C20H29N5O. The first-order valence-electron chi connectivity index (χ1n) is 9.37. The Morgan fingerprint density at radius 1 is 1.27 bits per heavy atom. The Kier molecular flexibility index (Phi) is 5.12. The summed E-state index contributed by atoms with van der Waals surface area (Å²) in [5.74, 6) is 1.76. The van der Waals surface area contributed by atoms with Crippen LogP contribution in [0.1, 0.15) is 64.0 Å². The van der Waals surface area contributed by atoms with E-state index in [0.717, 1.165) is 43.0 Å². The Morgan fingerprint density at radius 3 is 2.69 bits per heavy atom. The van der Waals surface area contributed by atoms with Crippen molar-refractivity contribution in [2.24, 2.45) is 12.5 Å². The lowest BCUT2D eigenvalue weighted by Gasteiger charge is -2.37. The molecule has 3 heterocycles. The van der Waals surface area contributed by atoms with E-state index in [4.69, 9.17) is 0 Å². The topological polar surface area (TPSA) is 63.9 Å². The third kappa shape index (κ3) is 4.11. The van der Waals surface area contributed by atoms with Crippen molar-refractivity contribution < 1.29 is 4.79 Å². The average Bonchev–Trinajstić information content (AvgIpc) is 2.99. The molecule has 0 radical (unpaired) electrons. The zero-order chi connectivity index (χ0) is 18.9. The van der Waals surface area contributed by atoms with E-state index in [1.165, 1.54) is 0 Å². The highest BCUT2D eigenvalue weighted by molar-refractivity contribution is 5.77. The van der Waals surface area contributed by atoms with Crippen LogP contribution in [0.4, 0.5) is 0 Å². The summed E-state index contributed by atoms with van der Waals surface area (Å²) in [7, 11) is 1.96. The van der Waals surface area contributed by atoms with Gasteiger partial charge in [0.25, 0.3) is 0 Å². The number of carbonyl (C=O) groups excluding carboxylic acids is 1. The molecule has 1 saturated heterocycles. The predicted octanol–water partition coefficient (Wildman–Crippen LogP) is 3.68. The number of imidazole rings is 1. The number of aromatic nitrogens is 4. The molecule has 1 aliphatic rings. The van der Waals surface area contributed by atoms with Gasteiger partial charge in [0.1, 0.15) is 11.5 Å². The standard InChI is InChI=1S/C20H29N5O/c1-14-22-15(12-16(23-14)19-21-9-11-24(19)5)17-8-6-7-10-25(17)18(26)13-20(2,3)4/h9,11-12,17H,6-8,10,13H2,1-5H3/t17-/m1/s1. The minimum Gasteiger partial charge on any atom is -0.334 e. The molecule has 0 unspecified atom stereocenters. The van der Waals surface area contributed by atoms with Crippen LogP contribution in [0.3, 0.4) is 0 Å². The van der Waals surface area contributed by atoms with Crippen molar-refractivity contribution in [3.8, 4) is 11.5 Å². The van der Waals surface area contributed by atoms with Crippen LogP contribution in [0.2, 0.25) is 0 Å². The van der Waals surface area contributed by atoms with E-state index < -0.39 is 0 Å². The monoisotopic (exact) mass is 355 g/mol. The molecule has 1 atom stereocenters.